The Bertz CT molecular complexity index is 1640. The maximum Gasteiger partial charge on any atom is 0.271 e. The van der Waals surface area contributed by atoms with Gasteiger partial charge in [0.15, 0.2) is 4.80 Å². The van der Waals surface area contributed by atoms with Crippen molar-refractivity contribution in [1.82, 2.24) is 4.57 Å². The van der Waals surface area contributed by atoms with Gasteiger partial charge in [0.05, 0.1) is 29.0 Å². The molecule has 0 fully saturated rings. The van der Waals surface area contributed by atoms with Crippen LogP contribution in [0.1, 0.15) is 24.1 Å². The number of carbonyl (C=O) groups is 1. The number of methoxy groups -OCH3 is 1. The second kappa shape index (κ2) is 9.75. The molecule has 1 aliphatic heterocycles. The maximum atomic E-state index is 13.8. The van der Waals surface area contributed by atoms with Gasteiger partial charge in [-0.05, 0) is 60.5 Å². The Morgan fingerprint density at radius 2 is 1.75 bits per heavy atom. The Hall–Kier alpha value is -4.30. The van der Waals surface area contributed by atoms with Crippen molar-refractivity contribution in [2.45, 2.75) is 13.0 Å². The fraction of sp³-hybridized carbons (Fsp3) is 0.107. The first kappa shape index (κ1) is 23.4. The number of nitrogens with zero attached hydrogens (tertiary/aromatic N) is 2. The molecule has 2 heterocycles. The molecule has 1 unspecified atom stereocenters. The number of aromatic nitrogens is 1. The number of halogens is 1. The molecule has 0 spiro atoms. The van der Waals surface area contributed by atoms with Crippen molar-refractivity contribution < 1.29 is 13.9 Å². The van der Waals surface area contributed by atoms with Gasteiger partial charge in [0.2, 0.25) is 0 Å². The average Bonchev–Trinajstić information content (AvgIpc) is 3.19. The van der Waals surface area contributed by atoms with E-state index >= 15 is 0 Å². The lowest BCUT2D eigenvalue weighted by molar-refractivity contribution is -0.113. The normalized spacial score (nSPS) is 15.3. The van der Waals surface area contributed by atoms with Crippen LogP contribution in [0.3, 0.4) is 0 Å². The quantitative estimate of drug-likeness (QED) is 0.451. The molecule has 1 aromatic heterocycles. The van der Waals surface area contributed by atoms with Gasteiger partial charge in [-0.2, -0.15) is 0 Å². The van der Waals surface area contributed by atoms with Crippen LogP contribution in [0.25, 0.3) is 6.08 Å². The zero-order valence-corrected chi connectivity index (χ0v) is 20.4. The maximum absolute atomic E-state index is 13.8. The zero-order chi connectivity index (χ0) is 25.2. The largest absolute Gasteiger partial charge is 0.497 e. The molecule has 3 aromatic carbocycles. The summed E-state index contributed by atoms with van der Waals surface area (Å²) >= 11 is 1.25. The summed E-state index contributed by atoms with van der Waals surface area (Å²) in [6, 6.07) is 21.5. The van der Waals surface area contributed by atoms with Crippen molar-refractivity contribution >= 4 is 29.0 Å². The van der Waals surface area contributed by atoms with E-state index < -0.39 is 11.9 Å². The molecule has 0 saturated heterocycles. The highest BCUT2D eigenvalue weighted by Crippen LogP contribution is 2.31. The van der Waals surface area contributed by atoms with Gasteiger partial charge in [-0.1, -0.05) is 53.8 Å². The summed E-state index contributed by atoms with van der Waals surface area (Å²) in [6.07, 6.45) is 1.79. The molecule has 8 heteroatoms. The molecule has 0 aliphatic carbocycles. The summed E-state index contributed by atoms with van der Waals surface area (Å²) in [4.78, 5) is 32.2. The van der Waals surface area contributed by atoms with E-state index in [2.05, 4.69) is 10.3 Å². The number of fused-ring (bicyclic) bond motifs is 1. The Kier molecular flexibility index (Phi) is 6.35. The Balaban J connectivity index is 1.65. The molecule has 36 heavy (non-hydrogen) atoms. The molecule has 4 aromatic rings. The number of nitrogens with one attached hydrogen (secondary N) is 1. The molecular formula is C28H22FN3O3S. The number of thiazole rings is 1. The first-order valence-electron chi connectivity index (χ1n) is 11.2. The van der Waals surface area contributed by atoms with Crippen LogP contribution in [0.4, 0.5) is 10.1 Å². The molecule has 1 amide bonds. The van der Waals surface area contributed by atoms with Crippen LogP contribution < -0.4 is 24.9 Å². The van der Waals surface area contributed by atoms with Crippen molar-refractivity contribution in [1.29, 1.82) is 0 Å². The van der Waals surface area contributed by atoms with E-state index in [4.69, 9.17) is 4.74 Å². The minimum atomic E-state index is -0.761. The number of hydrogen-bond donors (Lipinski definition) is 1. The van der Waals surface area contributed by atoms with Crippen molar-refractivity contribution in [2.24, 2.45) is 4.99 Å². The topological polar surface area (TPSA) is 72.7 Å². The van der Waals surface area contributed by atoms with Gasteiger partial charge >= 0.3 is 0 Å². The van der Waals surface area contributed by atoms with E-state index in [-0.39, 0.29) is 11.5 Å². The van der Waals surface area contributed by atoms with Crippen molar-refractivity contribution in [3.8, 4) is 5.75 Å². The number of allylic oxidation sites excluding steroid dienone is 1. The minimum Gasteiger partial charge on any atom is -0.497 e. The van der Waals surface area contributed by atoms with Crippen LogP contribution in [-0.4, -0.2) is 17.6 Å². The van der Waals surface area contributed by atoms with Gasteiger partial charge in [-0.25, -0.2) is 9.38 Å². The summed E-state index contributed by atoms with van der Waals surface area (Å²) in [7, 11) is 1.59. The standard InChI is InChI=1S/C28H22FN3O3S/c1-17-24(26(33)31-21-6-4-3-5-7-21)25(19-10-12-20(29)13-11-19)32-27(34)23(36-28(32)30-17)16-18-8-14-22(35-2)15-9-18/h3-16,25H,1-2H3,(H,31,33). The van der Waals surface area contributed by atoms with Gasteiger partial charge in [0.25, 0.3) is 11.5 Å². The van der Waals surface area contributed by atoms with E-state index in [0.29, 0.717) is 31.9 Å². The van der Waals surface area contributed by atoms with Crippen molar-refractivity contribution in [3.05, 3.63) is 127 Å². The lowest BCUT2D eigenvalue weighted by atomic mass is 9.95. The van der Waals surface area contributed by atoms with Gasteiger partial charge in [0.1, 0.15) is 11.6 Å². The number of ether oxygens (including phenoxy) is 1. The van der Waals surface area contributed by atoms with E-state index in [9.17, 15) is 14.0 Å². The molecule has 1 atom stereocenters. The molecule has 5 rings (SSSR count). The third kappa shape index (κ3) is 4.50. The predicted octanol–water partition coefficient (Wildman–Crippen LogP) is 4.02. The molecule has 0 saturated carbocycles. The fourth-order valence-electron chi connectivity index (χ4n) is 4.14. The summed E-state index contributed by atoms with van der Waals surface area (Å²) in [5.41, 5.74) is 2.61. The average molecular weight is 500 g/mol. The van der Waals surface area contributed by atoms with Gasteiger partial charge in [0, 0.05) is 5.69 Å². The van der Waals surface area contributed by atoms with Gasteiger partial charge in [-0.3, -0.25) is 14.2 Å². The van der Waals surface area contributed by atoms with Gasteiger partial charge in [-0.15, -0.1) is 0 Å². The Morgan fingerprint density at radius 1 is 1.06 bits per heavy atom. The third-order valence-corrected chi connectivity index (χ3v) is 6.88. The Morgan fingerprint density at radius 3 is 2.42 bits per heavy atom. The number of carbonyl (C=O) groups excluding carboxylic acids is 1. The van der Waals surface area contributed by atoms with E-state index in [1.54, 1.807) is 44.4 Å². The van der Waals surface area contributed by atoms with E-state index in [1.807, 2.05) is 42.5 Å². The third-order valence-electron chi connectivity index (χ3n) is 5.90. The van der Waals surface area contributed by atoms with Crippen molar-refractivity contribution in [2.75, 3.05) is 12.4 Å². The predicted molar refractivity (Wildman–Crippen MR) is 138 cm³/mol. The molecule has 180 valence electrons. The SMILES string of the molecule is COc1ccc(C=c2sc3n(c2=O)C(c2ccc(F)cc2)C(C(=O)Nc2ccccc2)=C(C)N=3)cc1. The number of benzene rings is 3. The molecule has 1 N–H and O–H groups in total. The minimum absolute atomic E-state index is 0.276. The molecular weight excluding hydrogens is 477 g/mol. The summed E-state index contributed by atoms with van der Waals surface area (Å²) in [6.45, 7) is 1.75. The van der Waals surface area contributed by atoms with Crippen LogP contribution in [0, 0.1) is 5.82 Å². The number of anilines is 1. The monoisotopic (exact) mass is 499 g/mol. The van der Waals surface area contributed by atoms with Crippen LogP contribution in [0.15, 0.2) is 99.9 Å². The molecule has 1 aliphatic rings. The number of para-hydroxylation sites is 1. The molecule has 0 bridgehead atoms. The van der Waals surface area contributed by atoms with Gasteiger partial charge < -0.3 is 10.1 Å². The lowest BCUT2D eigenvalue weighted by Gasteiger charge is -2.25. The number of hydrogen-bond acceptors (Lipinski definition) is 5. The summed E-state index contributed by atoms with van der Waals surface area (Å²) in [5.74, 6) is -0.0579. The first-order valence-corrected chi connectivity index (χ1v) is 12.0. The second-order valence-electron chi connectivity index (χ2n) is 8.23. The fourth-order valence-corrected chi connectivity index (χ4v) is 5.19. The smallest absolute Gasteiger partial charge is 0.271 e. The Labute approximate surface area is 210 Å². The number of rotatable bonds is 5. The lowest BCUT2D eigenvalue weighted by Crippen LogP contribution is -2.40. The van der Waals surface area contributed by atoms with Crippen LogP contribution >= 0.6 is 11.3 Å². The zero-order valence-electron chi connectivity index (χ0n) is 19.6. The van der Waals surface area contributed by atoms with Crippen LogP contribution in [0.5, 0.6) is 5.75 Å². The highest BCUT2D eigenvalue weighted by molar-refractivity contribution is 7.07. The molecule has 6 nitrogen and oxygen atoms in total. The highest BCUT2D eigenvalue weighted by atomic mass is 32.1. The van der Waals surface area contributed by atoms with E-state index in [1.165, 1.54) is 28.0 Å². The van der Waals surface area contributed by atoms with E-state index in [0.717, 1.165) is 11.3 Å². The summed E-state index contributed by atoms with van der Waals surface area (Å²) in [5, 5.41) is 2.90. The van der Waals surface area contributed by atoms with Crippen molar-refractivity contribution in [3.63, 3.8) is 0 Å². The second-order valence-corrected chi connectivity index (χ2v) is 9.24. The van der Waals surface area contributed by atoms with Crippen LogP contribution in [-0.2, 0) is 4.79 Å². The number of amides is 1. The van der Waals surface area contributed by atoms with Crippen LogP contribution in [0.2, 0.25) is 0 Å². The molecule has 0 radical (unpaired) electrons. The highest BCUT2D eigenvalue weighted by Gasteiger charge is 2.32. The summed E-state index contributed by atoms with van der Waals surface area (Å²) < 4.78 is 21.0. The first-order chi connectivity index (χ1) is 17.4.